The average Bonchev–Trinajstić information content (AvgIpc) is 3.10. The van der Waals surface area contributed by atoms with E-state index in [0.717, 1.165) is 64.2 Å². The van der Waals surface area contributed by atoms with E-state index in [1.807, 2.05) is 0 Å². The molecule has 0 aliphatic heterocycles. The summed E-state index contributed by atoms with van der Waals surface area (Å²) in [6.07, 6.45) is 10.2. The van der Waals surface area contributed by atoms with Gasteiger partial charge in [0.15, 0.2) is 10.9 Å². The summed E-state index contributed by atoms with van der Waals surface area (Å²) in [5.74, 6) is 0. The molecule has 1 aromatic heterocycles. The Kier molecular flexibility index (Phi) is 7.40. The Labute approximate surface area is 198 Å². The summed E-state index contributed by atoms with van der Waals surface area (Å²) in [6.45, 7) is 4.32. The average molecular weight is 460 g/mol. The Morgan fingerprint density at radius 3 is 1.44 bits per heavy atom. The zero-order valence-electron chi connectivity index (χ0n) is 20.2. The molecular weight excluding hydrogens is 426 g/mol. The second-order valence-corrected chi connectivity index (χ2v) is 9.48. The van der Waals surface area contributed by atoms with Gasteiger partial charge >= 0.3 is 0 Å². The Morgan fingerprint density at radius 1 is 0.588 bits per heavy atom. The van der Waals surface area contributed by atoms with Crippen LogP contribution in [0.4, 0.5) is 0 Å². The third-order valence-corrected chi connectivity index (χ3v) is 7.11. The van der Waals surface area contributed by atoms with E-state index >= 15 is 0 Å². The van der Waals surface area contributed by atoms with Gasteiger partial charge in [0, 0.05) is 27.6 Å². The van der Waals surface area contributed by atoms with Crippen LogP contribution in [-0.2, 0) is 0 Å². The van der Waals surface area contributed by atoms with Gasteiger partial charge in [0.25, 0.3) is 11.1 Å². The highest BCUT2D eigenvalue weighted by molar-refractivity contribution is 6.04. The monoisotopic (exact) mass is 459 g/mol. The maximum atomic E-state index is 13.5. The van der Waals surface area contributed by atoms with Gasteiger partial charge in [-0.05, 0) is 25.0 Å². The molecule has 0 radical (unpaired) electrons. The molecule has 5 nitrogen and oxygen atoms in total. The molecule has 0 saturated heterocycles. The lowest BCUT2D eigenvalue weighted by Crippen LogP contribution is -2.30. The second-order valence-electron chi connectivity index (χ2n) is 9.48. The molecule has 3 aromatic carbocycles. The fourth-order valence-corrected chi connectivity index (χ4v) is 5.20. The summed E-state index contributed by atoms with van der Waals surface area (Å²) < 4.78 is 1.41. The molecule has 1 heterocycles. The van der Waals surface area contributed by atoms with Crippen molar-refractivity contribution in [2.75, 3.05) is 0 Å². The highest BCUT2D eigenvalue weighted by Crippen LogP contribution is 2.24. The molecule has 0 amide bonds. The molecule has 0 atom stereocenters. The number of nitrogens with zero attached hydrogens (tertiary/aromatic N) is 1. The molecule has 0 unspecified atom stereocenters. The van der Waals surface area contributed by atoms with Gasteiger partial charge in [-0.15, -0.1) is 0 Å². The van der Waals surface area contributed by atoms with Crippen molar-refractivity contribution in [3.63, 3.8) is 0 Å². The fourth-order valence-electron chi connectivity index (χ4n) is 5.20. The quantitative estimate of drug-likeness (QED) is 0.212. The van der Waals surface area contributed by atoms with Crippen molar-refractivity contribution in [2.45, 2.75) is 84.1 Å². The minimum atomic E-state index is -0.335. The molecule has 0 aliphatic carbocycles. The Bertz CT molecular complexity index is 1410. The van der Waals surface area contributed by atoms with Crippen LogP contribution in [0.1, 0.15) is 84.1 Å². The number of rotatable bonds is 11. The van der Waals surface area contributed by atoms with Crippen LogP contribution in [-0.4, -0.2) is 4.57 Å². The molecule has 4 rings (SSSR count). The number of benzene rings is 3. The van der Waals surface area contributed by atoms with E-state index in [9.17, 15) is 19.2 Å². The van der Waals surface area contributed by atoms with Crippen LogP contribution in [0, 0.1) is 0 Å². The van der Waals surface area contributed by atoms with Gasteiger partial charge in [0.05, 0.1) is 10.8 Å². The van der Waals surface area contributed by atoms with Crippen LogP contribution in [0.25, 0.3) is 32.3 Å². The van der Waals surface area contributed by atoms with E-state index in [2.05, 4.69) is 13.8 Å². The molecule has 34 heavy (non-hydrogen) atoms. The summed E-state index contributed by atoms with van der Waals surface area (Å²) in [5, 5.41) is 1.62. The highest BCUT2D eigenvalue weighted by atomic mass is 16.2. The number of fused-ring (bicyclic) bond motifs is 3. The van der Waals surface area contributed by atoms with Crippen molar-refractivity contribution >= 4 is 32.3 Å². The third kappa shape index (κ3) is 4.36. The maximum absolute atomic E-state index is 13.5. The summed E-state index contributed by atoms with van der Waals surface area (Å²) >= 11 is 0. The van der Waals surface area contributed by atoms with Crippen molar-refractivity contribution in [1.82, 2.24) is 4.57 Å². The van der Waals surface area contributed by atoms with Crippen LogP contribution in [0.3, 0.4) is 0 Å². The highest BCUT2D eigenvalue weighted by Gasteiger charge is 2.22. The van der Waals surface area contributed by atoms with E-state index in [1.165, 1.54) is 16.7 Å². The van der Waals surface area contributed by atoms with Crippen LogP contribution >= 0.6 is 0 Å². The van der Waals surface area contributed by atoms with Gasteiger partial charge in [-0.2, -0.15) is 0 Å². The topological polar surface area (TPSA) is 73.2 Å². The normalized spacial score (nSPS) is 12.0. The molecule has 0 fully saturated rings. The third-order valence-electron chi connectivity index (χ3n) is 7.11. The summed E-state index contributed by atoms with van der Waals surface area (Å²) in [7, 11) is 0. The van der Waals surface area contributed by atoms with Gasteiger partial charge in [0.2, 0.25) is 0 Å². The van der Waals surface area contributed by atoms with E-state index in [-0.39, 0.29) is 49.6 Å². The largest absolute Gasteiger partial charge is 0.289 e. The first kappa shape index (κ1) is 24.1. The van der Waals surface area contributed by atoms with Crippen molar-refractivity contribution in [3.8, 4) is 0 Å². The molecule has 0 spiro atoms. The van der Waals surface area contributed by atoms with Crippen LogP contribution in [0.5, 0.6) is 0 Å². The van der Waals surface area contributed by atoms with Crippen LogP contribution in [0.15, 0.2) is 55.6 Å². The van der Waals surface area contributed by atoms with Gasteiger partial charge < -0.3 is 0 Å². The predicted molar refractivity (Wildman–Crippen MR) is 141 cm³/mol. The van der Waals surface area contributed by atoms with Crippen molar-refractivity contribution in [2.24, 2.45) is 0 Å². The summed E-state index contributed by atoms with van der Waals surface area (Å²) in [6, 6.07) is 9.52. The minimum Gasteiger partial charge on any atom is -0.289 e. The smallest absolute Gasteiger partial charge is 0.261 e. The van der Waals surface area contributed by atoms with E-state index in [4.69, 9.17) is 0 Å². The van der Waals surface area contributed by atoms with Gasteiger partial charge in [-0.25, -0.2) is 0 Å². The van der Waals surface area contributed by atoms with Crippen molar-refractivity contribution < 1.29 is 0 Å². The first-order chi connectivity index (χ1) is 16.5. The zero-order chi connectivity index (χ0) is 24.2. The number of unbranched alkanes of at least 4 members (excludes halogenated alkanes) is 6. The van der Waals surface area contributed by atoms with Crippen LogP contribution in [0.2, 0.25) is 0 Å². The van der Waals surface area contributed by atoms with Crippen LogP contribution < -0.4 is 22.0 Å². The molecule has 0 saturated carbocycles. The van der Waals surface area contributed by atoms with E-state index < -0.39 is 0 Å². The minimum absolute atomic E-state index is 0.151. The number of aromatic nitrogens is 1. The predicted octanol–water partition coefficient (Wildman–Crippen LogP) is 5.75. The Balaban J connectivity index is 1.86. The van der Waals surface area contributed by atoms with Gasteiger partial charge in [0.1, 0.15) is 0 Å². The lowest BCUT2D eigenvalue weighted by atomic mass is 10.0. The maximum Gasteiger partial charge on any atom is 0.261 e. The number of hydrogen-bond donors (Lipinski definition) is 0. The lowest BCUT2D eigenvalue weighted by molar-refractivity contribution is 0.386. The first-order valence-corrected chi connectivity index (χ1v) is 12.7. The second kappa shape index (κ2) is 10.5. The molecular formula is C29H33NO4. The van der Waals surface area contributed by atoms with Gasteiger partial charge in [-0.3, -0.25) is 23.7 Å². The molecule has 0 bridgehead atoms. The van der Waals surface area contributed by atoms with E-state index in [1.54, 1.807) is 24.3 Å². The van der Waals surface area contributed by atoms with Gasteiger partial charge in [-0.1, -0.05) is 89.5 Å². The fraction of sp³-hybridized carbons (Fsp3) is 0.448. The SMILES string of the molecule is CCCCCCC(CCCCCC)n1c(=O)c2cc3c(=O)c4ccccc4c(=O)c3cc2c1=O. The van der Waals surface area contributed by atoms with Crippen molar-refractivity contribution in [1.29, 1.82) is 0 Å². The number of hydrogen-bond acceptors (Lipinski definition) is 4. The van der Waals surface area contributed by atoms with Crippen molar-refractivity contribution in [3.05, 3.63) is 77.6 Å². The summed E-state index contributed by atoms with van der Waals surface area (Å²) in [4.78, 5) is 53.1. The van der Waals surface area contributed by atoms with E-state index in [0.29, 0.717) is 10.8 Å². The summed E-state index contributed by atoms with van der Waals surface area (Å²) in [5.41, 5.74) is -1.22. The molecule has 5 heteroatoms. The molecule has 0 aliphatic rings. The Hall–Kier alpha value is -3.08. The standard InChI is InChI=1S/C29H33NO4/c1-3-5-7-9-13-19(14-10-8-6-4-2)30-28(33)24-17-22-23(18-25(24)29(30)34)27(32)21-16-12-11-15-20(21)26(22)31/h11-12,15-19H,3-10,13-14H2,1-2H3. The molecule has 4 aromatic rings. The lowest BCUT2D eigenvalue weighted by Gasteiger charge is -2.17. The first-order valence-electron chi connectivity index (χ1n) is 12.7. The molecule has 178 valence electrons. The Morgan fingerprint density at radius 2 is 1.03 bits per heavy atom. The molecule has 0 N–H and O–H groups in total. The zero-order valence-corrected chi connectivity index (χ0v) is 20.2.